The van der Waals surface area contributed by atoms with Gasteiger partial charge in [-0.15, -0.1) is 12.4 Å². The fourth-order valence-electron chi connectivity index (χ4n) is 2.99. The van der Waals surface area contributed by atoms with Gasteiger partial charge >= 0.3 is 0 Å². The van der Waals surface area contributed by atoms with Crippen molar-refractivity contribution < 1.29 is 4.79 Å². The molecule has 0 bridgehead atoms. The van der Waals surface area contributed by atoms with Crippen LogP contribution in [0.1, 0.15) is 38.7 Å². The molecule has 0 fully saturated rings. The highest BCUT2D eigenvalue weighted by Crippen LogP contribution is 2.28. The summed E-state index contributed by atoms with van der Waals surface area (Å²) in [5.74, 6) is 0.866. The van der Waals surface area contributed by atoms with Crippen LogP contribution >= 0.6 is 24.2 Å². The summed E-state index contributed by atoms with van der Waals surface area (Å²) in [5, 5.41) is 0.294. The van der Waals surface area contributed by atoms with Crippen molar-refractivity contribution in [3.05, 3.63) is 60.2 Å². The standard InChI is InChI=1S/C22H29NOS.ClH/c1-4-21(22(24)25-17-16-23(5-2)6-3)20-14-12-19(13-15-20)18-10-8-7-9-11-18;/h7-15,21H,4-6,16-17H2,1-3H3;1H/t21-;/m1./s1. The van der Waals surface area contributed by atoms with Gasteiger partial charge in [0.25, 0.3) is 0 Å². The molecule has 0 aliphatic rings. The van der Waals surface area contributed by atoms with E-state index >= 15 is 0 Å². The highest BCUT2D eigenvalue weighted by atomic mass is 35.5. The van der Waals surface area contributed by atoms with Crippen LogP contribution < -0.4 is 0 Å². The highest BCUT2D eigenvalue weighted by molar-refractivity contribution is 8.13. The predicted molar refractivity (Wildman–Crippen MR) is 117 cm³/mol. The molecule has 0 spiro atoms. The summed E-state index contributed by atoms with van der Waals surface area (Å²) in [4.78, 5) is 15.0. The van der Waals surface area contributed by atoms with E-state index in [1.54, 1.807) is 0 Å². The third-order valence-corrected chi connectivity index (χ3v) is 5.61. The Morgan fingerprint density at radius 3 is 2.04 bits per heavy atom. The Labute approximate surface area is 168 Å². The van der Waals surface area contributed by atoms with E-state index < -0.39 is 0 Å². The number of benzene rings is 2. The minimum atomic E-state index is -0.00785. The lowest BCUT2D eigenvalue weighted by molar-refractivity contribution is -0.112. The van der Waals surface area contributed by atoms with Crippen molar-refractivity contribution in [3.8, 4) is 11.1 Å². The van der Waals surface area contributed by atoms with Gasteiger partial charge < -0.3 is 4.90 Å². The molecule has 2 aromatic rings. The second-order valence-electron chi connectivity index (χ2n) is 6.14. The molecule has 0 heterocycles. The summed E-state index contributed by atoms with van der Waals surface area (Å²) in [6.07, 6.45) is 0.849. The zero-order valence-corrected chi connectivity index (χ0v) is 17.6. The van der Waals surface area contributed by atoms with Crippen LogP contribution in [0.5, 0.6) is 0 Å². The Bertz CT molecular complexity index is 641. The van der Waals surface area contributed by atoms with Gasteiger partial charge in [0.15, 0.2) is 5.12 Å². The predicted octanol–water partition coefficient (Wildman–Crippen LogP) is 5.87. The van der Waals surface area contributed by atoms with Crippen molar-refractivity contribution in [2.75, 3.05) is 25.4 Å². The third kappa shape index (κ3) is 6.46. The summed E-state index contributed by atoms with van der Waals surface area (Å²) < 4.78 is 0. The molecule has 1 atom stereocenters. The first-order valence-electron chi connectivity index (χ1n) is 9.23. The summed E-state index contributed by atoms with van der Waals surface area (Å²) in [6.45, 7) is 9.50. The number of thioether (sulfide) groups is 1. The normalized spacial score (nSPS) is 11.8. The lowest BCUT2D eigenvalue weighted by Crippen LogP contribution is -2.26. The molecule has 0 aromatic heterocycles. The van der Waals surface area contributed by atoms with Crippen molar-refractivity contribution >= 4 is 29.3 Å². The van der Waals surface area contributed by atoms with Crippen LogP contribution in [0.3, 0.4) is 0 Å². The number of nitrogens with zero attached hydrogens (tertiary/aromatic N) is 1. The molecule has 4 heteroatoms. The molecule has 0 saturated heterocycles. The Kier molecular flexibility index (Phi) is 10.6. The van der Waals surface area contributed by atoms with Crippen LogP contribution in [-0.2, 0) is 4.79 Å². The molecule has 2 rings (SSSR count). The lowest BCUT2D eigenvalue weighted by Gasteiger charge is -2.18. The van der Waals surface area contributed by atoms with Gasteiger partial charge in [0, 0.05) is 12.3 Å². The van der Waals surface area contributed by atoms with E-state index in [4.69, 9.17) is 0 Å². The average Bonchev–Trinajstić information content (AvgIpc) is 2.67. The van der Waals surface area contributed by atoms with Crippen molar-refractivity contribution in [2.24, 2.45) is 0 Å². The number of rotatable bonds is 9. The Balaban J connectivity index is 0.00000338. The zero-order chi connectivity index (χ0) is 18.1. The van der Waals surface area contributed by atoms with Crippen molar-refractivity contribution in [2.45, 2.75) is 33.1 Å². The maximum Gasteiger partial charge on any atom is 0.196 e. The zero-order valence-electron chi connectivity index (χ0n) is 16.0. The molecule has 142 valence electrons. The maximum absolute atomic E-state index is 12.6. The summed E-state index contributed by atoms with van der Waals surface area (Å²) in [7, 11) is 0. The number of carbonyl (C=O) groups excluding carboxylic acids is 1. The van der Waals surface area contributed by atoms with Gasteiger partial charge in [0.05, 0.1) is 5.92 Å². The van der Waals surface area contributed by atoms with Gasteiger partial charge in [-0.3, -0.25) is 4.79 Å². The molecule has 0 amide bonds. The first kappa shape index (κ1) is 22.8. The van der Waals surface area contributed by atoms with Crippen LogP contribution in [-0.4, -0.2) is 35.4 Å². The van der Waals surface area contributed by atoms with Crippen LogP contribution in [0.15, 0.2) is 54.6 Å². The Hall–Kier alpha value is -1.29. The van der Waals surface area contributed by atoms with Gasteiger partial charge in [-0.05, 0) is 36.2 Å². The van der Waals surface area contributed by atoms with Crippen LogP contribution in [0.2, 0.25) is 0 Å². The summed E-state index contributed by atoms with van der Waals surface area (Å²) in [5.41, 5.74) is 3.53. The van der Waals surface area contributed by atoms with Gasteiger partial charge in [0.2, 0.25) is 0 Å². The van der Waals surface area contributed by atoms with E-state index in [9.17, 15) is 4.79 Å². The maximum atomic E-state index is 12.6. The molecular formula is C22H30ClNOS. The minimum absolute atomic E-state index is 0. The first-order valence-corrected chi connectivity index (χ1v) is 10.2. The molecule has 0 aliphatic carbocycles. The monoisotopic (exact) mass is 391 g/mol. The fraction of sp³-hybridized carbons (Fsp3) is 0.409. The summed E-state index contributed by atoms with van der Waals surface area (Å²) in [6, 6.07) is 18.8. The Morgan fingerprint density at radius 2 is 1.50 bits per heavy atom. The molecule has 0 unspecified atom stereocenters. The number of hydrogen-bond donors (Lipinski definition) is 0. The average molecular weight is 392 g/mol. The lowest BCUT2D eigenvalue weighted by atomic mass is 9.95. The van der Waals surface area contributed by atoms with Crippen molar-refractivity contribution in [1.29, 1.82) is 0 Å². The van der Waals surface area contributed by atoms with Crippen LogP contribution in [0.25, 0.3) is 11.1 Å². The Morgan fingerprint density at radius 1 is 0.923 bits per heavy atom. The molecule has 0 aliphatic heterocycles. The fourth-order valence-corrected chi connectivity index (χ4v) is 4.05. The quantitative estimate of drug-likeness (QED) is 0.533. The van der Waals surface area contributed by atoms with Crippen molar-refractivity contribution in [1.82, 2.24) is 4.90 Å². The van der Waals surface area contributed by atoms with E-state index in [0.29, 0.717) is 5.12 Å². The smallest absolute Gasteiger partial charge is 0.196 e. The topological polar surface area (TPSA) is 20.3 Å². The number of halogens is 1. The number of carbonyl (C=O) groups is 1. The molecule has 26 heavy (non-hydrogen) atoms. The van der Waals surface area contributed by atoms with Crippen LogP contribution in [0, 0.1) is 0 Å². The minimum Gasteiger partial charge on any atom is -0.303 e. The molecule has 0 N–H and O–H groups in total. The van der Waals surface area contributed by atoms with Crippen LogP contribution in [0.4, 0.5) is 0 Å². The van der Waals surface area contributed by atoms with Gasteiger partial charge in [-0.1, -0.05) is 87.1 Å². The van der Waals surface area contributed by atoms with E-state index in [0.717, 1.165) is 37.4 Å². The summed E-state index contributed by atoms with van der Waals surface area (Å²) >= 11 is 1.48. The second kappa shape index (κ2) is 12.2. The van der Waals surface area contributed by atoms with Gasteiger partial charge in [0.1, 0.15) is 0 Å². The molecule has 2 aromatic carbocycles. The molecule has 0 radical (unpaired) electrons. The van der Waals surface area contributed by atoms with E-state index in [2.05, 4.69) is 62.1 Å². The molecular weight excluding hydrogens is 362 g/mol. The van der Waals surface area contributed by atoms with Gasteiger partial charge in [-0.2, -0.15) is 0 Å². The van der Waals surface area contributed by atoms with E-state index in [-0.39, 0.29) is 18.3 Å². The molecule has 2 nitrogen and oxygen atoms in total. The first-order chi connectivity index (χ1) is 12.2. The highest BCUT2D eigenvalue weighted by Gasteiger charge is 2.19. The van der Waals surface area contributed by atoms with E-state index in [1.165, 1.54) is 22.9 Å². The molecule has 0 saturated carbocycles. The largest absolute Gasteiger partial charge is 0.303 e. The van der Waals surface area contributed by atoms with Crippen molar-refractivity contribution in [3.63, 3.8) is 0 Å². The van der Waals surface area contributed by atoms with E-state index in [1.807, 2.05) is 18.2 Å². The SMILES string of the molecule is CC[C@@H](C(=O)SCCN(CC)CC)c1ccc(-c2ccccc2)cc1.Cl. The second-order valence-corrected chi connectivity index (χ2v) is 7.24. The number of hydrogen-bond acceptors (Lipinski definition) is 3. The third-order valence-electron chi connectivity index (χ3n) is 4.66. The van der Waals surface area contributed by atoms with Gasteiger partial charge in [-0.25, -0.2) is 0 Å².